The van der Waals surface area contributed by atoms with E-state index in [0.717, 1.165) is 18.1 Å². The highest BCUT2D eigenvalue weighted by Gasteiger charge is 2.22. The number of benzene rings is 1. The first-order valence-corrected chi connectivity index (χ1v) is 9.34. The van der Waals surface area contributed by atoms with Crippen molar-refractivity contribution >= 4 is 12.4 Å². The summed E-state index contributed by atoms with van der Waals surface area (Å²) in [6, 6.07) is 6.62. The Morgan fingerprint density at radius 1 is 0.917 bits per heavy atom. The number of piperidine rings is 1. The van der Waals surface area contributed by atoms with Crippen LogP contribution in [0.15, 0.2) is 24.3 Å². The van der Waals surface area contributed by atoms with Crippen LogP contribution in [0.5, 0.6) is 0 Å². The highest BCUT2D eigenvalue weighted by atomic mass is 35.5. The molecule has 0 N–H and O–H groups in total. The maximum Gasteiger partial charge on any atom is 0.123 e. The van der Waals surface area contributed by atoms with Crippen molar-refractivity contribution in [2.45, 2.75) is 51.6 Å². The van der Waals surface area contributed by atoms with E-state index in [1.165, 1.54) is 76.7 Å². The zero-order valence-electron chi connectivity index (χ0n) is 14.6. The molecule has 1 aliphatic heterocycles. The fourth-order valence-corrected chi connectivity index (χ4v) is 3.99. The van der Waals surface area contributed by atoms with Crippen molar-refractivity contribution in [3.8, 4) is 0 Å². The summed E-state index contributed by atoms with van der Waals surface area (Å²) < 4.78 is 18.7. The highest BCUT2D eigenvalue weighted by Crippen LogP contribution is 2.26. The molecule has 4 heteroatoms. The second kappa shape index (κ2) is 10.4. The molecule has 1 heterocycles. The van der Waals surface area contributed by atoms with Crippen LogP contribution >= 0.6 is 12.4 Å². The van der Waals surface area contributed by atoms with Crippen LogP contribution in [0.2, 0.25) is 0 Å². The molecule has 0 bridgehead atoms. The second-order valence-electron chi connectivity index (χ2n) is 7.39. The van der Waals surface area contributed by atoms with E-state index in [0.29, 0.717) is 12.5 Å². The van der Waals surface area contributed by atoms with E-state index in [1.54, 1.807) is 0 Å². The van der Waals surface area contributed by atoms with Crippen molar-refractivity contribution < 1.29 is 9.13 Å². The van der Waals surface area contributed by atoms with E-state index in [1.807, 2.05) is 12.1 Å². The van der Waals surface area contributed by atoms with Crippen molar-refractivity contribution in [1.29, 1.82) is 0 Å². The summed E-state index contributed by atoms with van der Waals surface area (Å²) >= 11 is 0. The van der Waals surface area contributed by atoms with Crippen molar-refractivity contribution in [2.75, 3.05) is 26.2 Å². The van der Waals surface area contributed by atoms with Crippen LogP contribution < -0.4 is 0 Å². The van der Waals surface area contributed by atoms with Crippen LogP contribution in [-0.2, 0) is 11.3 Å². The SMILES string of the molecule is Cl.Fc1ccc(COCC2CCN(CC3CCCCC3)CC2)cc1. The lowest BCUT2D eigenvalue weighted by atomic mass is 9.88. The van der Waals surface area contributed by atoms with Gasteiger partial charge in [-0.15, -0.1) is 12.4 Å². The van der Waals surface area contributed by atoms with E-state index in [-0.39, 0.29) is 18.2 Å². The number of hydrogen-bond acceptors (Lipinski definition) is 2. The molecule has 0 aromatic heterocycles. The maximum atomic E-state index is 12.9. The Hall–Kier alpha value is -0.640. The van der Waals surface area contributed by atoms with Gasteiger partial charge in [-0.05, 0) is 68.3 Å². The van der Waals surface area contributed by atoms with E-state index >= 15 is 0 Å². The van der Waals surface area contributed by atoms with Crippen molar-refractivity contribution in [3.05, 3.63) is 35.6 Å². The molecule has 1 saturated carbocycles. The predicted octanol–water partition coefficient (Wildman–Crippen LogP) is 5.06. The van der Waals surface area contributed by atoms with Gasteiger partial charge in [0.05, 0.1) is 6.61 Å². The van der Waals surface area contributed by atoms with Crippen LogP contribution in [0.25, 0.3) is 0 Å². The monoisotopic (exact) mass is 355 g/mol. The largest absolute Gasteiger partial charge is 0.376 e. The van der Waals surface area contributed by atoms with Gasteiger partial charge < -0.3 is 9.64 Å². The van der Waals surface area contributed by atoms with E-state index in [2.05, 4.69) is 4.90 Å². The number of nitrogens with zero attached hydrogens (tertiary/aromatic N) is 1. The lowest BCUT2D eigenvalue weighted by Gasteiger charge is -2.35. The minimum atomic E-state index is -0.181. The summed E-state index contributed by atoms with van der Waals surface area (Å²) in [6.07, 6.45) is 9.74. The molecule has 24 heavy (non-hydrogen) atoms. The van der Waals surface area contributed by atoms with Crippen LogP contribution in [0.3, 0.4) is 0 Å². The number of rotatable bonds is 6. The molecule has 1 saturated heterocycles. The number of halogens is 2. The first-order valence-electron chi connectivity index (χ1n) is 9.34. The van der Waals surface area contributed by atoms with Crippen LogP contribution in [0.1, 0.15) is 50.5 Å². The second-order valence-corrected chi connectivity index (χ2v) is 7.39. The average Bonchev–Trinajstić information content (AvgIpc) is 2.59. The van der Waals surface area contributed by atoms with Gasteiger partial charge in [-0.3, -0.25) is 0 Å². The predicted molar refractivity (Wildman–Crippen MR) is 99.0 cm³/mol. The molecular weight excluding hydrogens is 325 g/mol. The minimum absolute atomic E-state index is 0. The first kappa shape index (κ1) is 19.7. The van der Waals surface area contributed by atoms with Crippen LogP contribution in [0.4, 0.5) is 4.39 Å². The lowest BCUT2D eigenvalue weighted by Crippen LogP contribution is -2.38. The summed E-state index contributed by atoms with van der Waals surface area (Å²) in [4.78, 5) is 2.67. The summed E-state index contributed by atoms with van der Waals surface area (Å²) in [5.41, 5.74) is 1.06. The minimum Gasteiger partial charge on any atom is -0.376 e. The third-order valence-corrected chi connectivity index (χ3v) is 5.48. The van der Waals surface area contributed by atoms with Gasteiger partial charge >= 0.3 is 0 Å². The molecule has 2 aliphatic rings. The molecule has 1 aromatic carbocycles. The highest BCUT2D eigenvalue weighted by molar-refractivity contribution is 5.85. The van der Waals surface area contributed by atoms with E-state index in [9.17, 15) is 4.39 Å². The Labute approximate surface area is 152 Å². The molecule has 0 spiro atoms. The lowest BCUT2D eigenvalue weighted by molar-refractivity contribution is 0.0529. The molecule has 0 radical (unpaired) electrons. The van der Waals surface area contributed by atoms with Gasteiger partial charge in [-0.1, -0.05) is 31.4 Å². The van der Waals surface area contributed by atoms with Crippen molar-refractivity contribution in [2.24, 2.45) is 11.8 Å². The molecule has 0 unspecified atom stereocenters. The summed E-state index contributed by atoms with van der Waals surface area (Å²) in [6.45, 7) is 5.24. The molecule has 1 aliphatic carbocycles. The average molecular weight is 356 g/mol. The quantitative estimate of drug-likeness (QED) is 0.707. The summed E-state index contributed by atoms with van der Waals surface area (Å²) in [5, 5.41) is 0. The van der Waals surface area contributed by atoms with Gasteiger partial charge in [-0.2, -0.15) is 0 Å². The fraction of sp³-hybridized carbons (Fsp3) is 0.700. The Kier molecular flexibility index (Phi) is 8.51. The fourth-order valence-electron chi connectivity index (χ4n) is 3.99. The normalized spacial score (nSPS) is 20.7. The number of likely N-dealkylation sites (tertiary alicyclic amines) is 1. The van der Waals surface area contributed by atoms with Gasteiger partial charge in [0, 0.05) is 13.2 Å². The Morgan fingerprint density at radius 2 is 1.58 bits per heavy atom. The molecule has 2 fully saturated rings. The third-order valence-electron chi connectivity index (χ3n) is 5.48. The van der Waals surface area contributed by atoms with Gasteiger partial charge in [-0.25, -0.2) is 4.39 Å². The molecule has 1 aromatic rings. The molecule has 0 amide bonds. The van der Waals surface area contributed by atoms with Gasteiger partial charge in [0.25, 0.3) is 0 Å². The van der Waals surface area contributed by atoms with Gasteiger partial charge in [0.1, 0.15) is 5.82 Å². The third kappa shape index (κ3) is 6.34. The molecular formula is C20H31ClFNO. The first-order chi connectivity index (χ1) is 11.3. The maximum absolute atomic E-state index is 12.9. The summed E-state index contributed by atoms with van der Waals surface area (Å²) in [7, 11) is 0. The zero-order valence-corrected chi connectivity index (χ0v) is 15.4. The molecule has 136 valence electrons. The molecule has 0 atom stereocenters. The zero-order chi connectivity index (χ0) is 15.9. The number of ether oxygens (including phenoxy) is 1. The van der Waals surface area contributed by atoms with Crippen LogP contribution in [-0.4, -0.2) is 31.1 Å². The molecule has 3 rings (SSSR count). The van der Waals surface area contributed by atoms with Gasteiger partial charge in [0.2, 0.25) is 0 Å². The summed E-state index contributed by atoms with van der Waals surface area (Å²) in [5.74, 6) is 1.46. The number of hydrogen-bond donors (Lipinski definition) is 0. The Bertz CT molecular complexity index is 453. The van der Waals surface area contributed by atoms with E-state index in [4.69, 9.17) is 4.74 Å². The Balaban J connectivity index is 0.00000208. The topological polar surface area (TPSA) is 12.5 Å². The van der Waals surface area contributed by atoms with Crippen molar-refractivity contribution in [3.63, 3.8) is 0 Å². The van der Waals surface area contributed by atoms with E-state index < -0.39 is 0 Å². The standard InChI is InChI=1S/C20H30FNO.ClH/c21-20-8-6-18(7-9-20)15-23-16-19-10-12-22(13-11-19)14-17-4-2-1-3-5-17;/h6-9,17,19H,1-5,10-16H2;1H. The smallest absolute Gasteiger partial charge is 0.123 e. The Morgan fingerprint density at radius 3 is 2.25 bits per heavy atom. The molecule has 2 nitrogen and oxygen atoms in total. The van der Waals surface area contributed by atoms with Gasteiger partial charge in [0.15, 0.2) is 0 Å². The van der Waals surface area contributed by atoms with Crippen LogP contribution in [0, 0.1) is 17.7 Å². The van der Waals surface area contributed by atoms with Crippen molar-refractivity contribution in [1.82, 2.24) is 4.90 Å².